The molecule has 3 aromatic carbocycles. The van der Waals surface area contributed by atoms with Gasteiger partial charge in [0.2, 0.25) is 0 Å². The number of hydrogen-bond acceptors (Lipinski definition) is 5. The van der Waals surface area contributed by atoms with Gasteiger partial charge in [-0.3, -0.25) is 4.90 Å². The number of hydrogen-bond donors (Lipinski definition) is 0. The van der Waals surface area contributed by atoms with Crippen molar-refractivity contribution in [2.75, 3.05) is 7.05 Å². The monoisotopic (exact) mass is 446 g/mol. The first-order chi connectivity index (χ1) is 15.1. The lowest BCUT2D eigenvalue weighted by atomic mass is 10.1. The average molecular weight is 447 g/mol. The molecule has 0 aliphatic heterocycles. The van der Waals surface area contributed by atoms with Crippen LogP contribution in [0.25, 0.3) is 11.0 Å². The highest BCUT2D eigenvalue weighted by Crippen LogP contribution is 2.21. The van der Waals surface area contributed by atoms with E-state index < -0.39 is 5.63 Å². The number of fused-ring (bicyclic) bond motifs is 1. The van der Waals surface area contributed by atoms with E-state index in [1.807, 2.05) is 12.1 Å². The number of benzene rings is 3. The highest BCUT2D eigenvalue weighted by molar-refractivity contribution is 5.85. The van der Waals surface area contributed by atoms with Crippen molar-refractivity contribution in [1.29, 1.82) is 5.26 Å². The van der Waals surface area contributed by atoms with Gasteiger partial charge in [0.05, 0.1) is 0 Å². The molecule has 0 spiro atoms. The van der Waals surface area contributed by atoms with Crippen molar-refractivity contribution < 1.29 is 9.15 Å². The van der Waals surface area contributed by atoms with Crippen molar-refractivity contribution in [1.82, 2.24) is 4.90 Å². The lowest BCUT2D eigenvalue weighted by molar-refractivity contribution is 0.305. The summed E-state index contributed by atoms with van der Waals surface area (Å²) >= 11 is 0. The van der Waals surface area contributed by atoms with Crippen LogP contribution >= 0.6 is 12.4 Å². The van der Waals surface area contributed by atoms with Crippen LogP contribution in [0.5, 0.6) is 5.75 Å². The molecule has 4 aromatic rings. The summed E-state index contributed by atoms with van der Waals surface area (Å²) in [4.78, 5) is 14.0. The van der Waals surface area contributed by atoms with E-state index in [9.17, 15) is 4.79 Å². The highest BCUT2D eigenvalue weighted by atomic mass is 35.5. The van der Waals surface area contributed by atoms with Crippen molar-refractivity contribution in [3.63, 3.8) is 0 Å². The molecular weight excluding hydrogens is 424 g/mol. The summed E-state index contributed by atoms with van der Waals surface area (Å²) < 4.78 is 11.1. The number of ether oxygens (including phenoxy) is 1. The van der Waals surface area contributed by atoms with Crippen molar-refractivity contribution in [3.8, 4) is 11.8 Å². The summed E-state index contributed by atoms with van der Waals surface area (Å²) in [6.07, 6.45) is 0. The van der Waals surface area contributed by atoms with Crippen LogP contribution < -0.4 is 10.4 Å². The largest absolute Gasteiger partial charge is 0.489 e. The molecule has 6 heteroatoms. The van der Waals surface area contributed by atoms with Crippen LogP contribution in [0.15, 0.2) is 88.1 Å². The first-order valence-electron chi connectivity index (χ1n) is 10.0. The molecule has 0 bridgehead atoms. The Morgan fingerprint density at radius 2 is 1.56 bits per heavy atom. The Morgan fingerprint density at radius 3 is 2.25 bits per heavy atom. The van der Waals surface area contributed by atoms with Gasteiger partial charge >= 0.3 is 5.63 Å². The van der Waals surface area contributed by atoms with Crippen LogP contribution in [-0.2, 0) is 19.7 Å². The Bertz CT molecular complexity index is 1280. The molecule has 5 nitrogen and oxygen atoms in total. The lowest BCUT2D eigenvalue weighted by Gasteiger charge is -2.17. The topological polar surface area (TPSA) is 66.5 Å². The second-order valence-electron chi connectivity index (χ2n) is 7.52. The fourth-order valence-corrected chi connectivity index (χ4v) is 3.43. The molecule has 162 valence electrons. The van der Waals surface area contributed by atoms with E-state index in [1.54, 1.807) is 18.2 Å². The molecule has 0 amide bonds. The standard InChI is InChI=1S/C26H22N2O3.ClH/c1-28(16-19-5-3-2-4-6-19)17-20-7-9-21(10-8-20)18-30-24-12-11-22-13-23(15-27)26(29)31-25(22)14-24;/h2-14H,16-18H2,1H3;1H. The molecule has 0 N–H and O–H groups in total. The third kappa shape index (κ3) is 5.76. The first-order valence-corrected chi connectivity index (χ1v) is 10.0. The minimum atomic E-state index is -0.639. The van der Waals surface area contributed by atoms with Crippen molar-refractivity contribution in [2.45, 2.75) is 19.7 Å². The summed E-state index contributed by atoms with van der Waals surface area (Å²) in [5.41, 5.74) is 3.35. The van der Waals surface area contributed by atoms with Gasteiger partial charge < -0.3 is 9.15 Å². The van der Waals surface area contributed by atoms with Crippen molar-refractivity contribution in [3.05, 3.63) is 112 Å². The normalized spacial score (nSPS) is 10.5. The van der Waals surface area contributed by atoms with E-state index in [2.05, 4.69) is 60.5 Å². The molecule has 0 saturated heterocycles. The second-order valence-corrected chi connectivity index (χ2v) is 7.52. The number of nitriles is 1. The molecule has 0 fully saturated rings. The van der Waals surface area contributed by atoms with E-state index in [4.69, 9.17) is 14.4 Å². The number of rotatable bonds is 7. The Balaban J connectivity index is 0.00000289. The van der Waals surface area contributed by atoms with Gasteiger partial charge in [-0.15, -0.1) is 12.4 Å². The molecule has 1 heterocycles. The molecular formula is C26H23ClN2O3. The van der Waals surface area contributed by atoms with Crippen LogP contribution in [0.2, 0.25) is 0 Å². The van der Waals surface area contributed by atoms with Crippen molar-refractivity contribution in [2.24, 2.45) is 0 Å². The molecule has 1 aromatic heterocycles. The summed E-state index contributed by atoms with van der Waals surface area (Å²) in [7, 11) is 2.11. The summed E-state index contributed by atoms with van der Waals surface area (Å²) in [6, 6.07) is 27.4. The molecule has 0 aliphatic carbocycles. The van der Waals surface area contributed by atoms with Gasteiger partial charge in [-0.2, -0.15) is 5.26 Å². The summed E-state index contributed by atoms with van der Waals surface area (Å²) in [5.74, 6) is 0.604. The average Bonchev–Trinajstić information content (AvgIpc) is 2.78. The fourth-order valence-electron chi connectivity index (χ4n) is 3.43. The molecule has 0 saturated carbocycles. The van der Waals surface area contributed by atoms with E-state index in [0.29, 0.717) is 23.3 Å². The van der Waals surface area contributed by atoms with Crippen molar-refractivity contribution >= 4 is 23.4 Å². The zero-order chi connectivity index (χ0) is 21.6. The smallest absolute Gasteiger partial charge is 0.354 e. The lowest BCUT2D eigenvalue weighted by Crippen LogP contribution is -2.17. The Kier molecular flexibility index (Phi) is 7.67. The van der Waals surface area contributed by atoms with Crippen LogP contribution in [0.3, 0.4) is 0 Å². The van der Waals surface area contributed by atoms with Crippen LogP contribution in [0.4, 0.5) is 0 Å². The van der Waals surface area contributed by atoms with Gasteiger partial charge in [0, 0.05) is 24.5 Å². The van der Waals surface area contributed by atoms with E-state index >= 15 is 0 Å². The third-order valence-electron chi connectivity index (χ3n) is 5.00. The maximum atomic E-state index is 11.7. The maximum absolute atomic E-state index is 11.7. The predicted octanol–water partition coefficient (Wildman–Crippen LogP) is 5.30. The molecule has 0 unspecified atom stereocenters. The Morgan fingerprint density at radius 1 is 0.906 bits per heavy atom. The Labute approximate surface area is 192 Å². The maximum Gasteiger partial charge on any atom is 0.354 e. The predicted molar refractivity (Wildman–Crippen MR) is 127 cm³/mol. The SMILES string of the molecule is CN(Cc1ccccc1)Cc1ccc(COc2ccc3cc(C#N)c(=O)oc3c2)cc1.Cl. The molecule has 0 aliphatic rings. The van der Waals surface area contributed by atoms with Gasteiger partial charge in [0.1, 0.15) is 29.6 Å². The second kappa shape index (κ2) is 10.6. The highest BCUT2D eigenvalue weighted by Gasteiger charge is 2.07. The van der Waals surface area contributed by atoms with Crippen LogP contribution in [0, 0.1) is 11.3 Å². The summed E-state index contributed by atoms with van der Waals surface area (Å²) in [6.45, 7) is 2.18. The van der Waals surface area contributed by atoms with Gasteiger partial charge in [0.15, 0.2) is 0 Å². The summed E-state index contributed by atoms with van der Waals surface area (Å²) in [5, 5.41) is 9.63. The zero-order valence-electron chi connectivity index (χ0n) is 17.7. The number of nitrogens with zero attached hydrogens (tertiary/aromatic N) is 2. The van der Waals surface area contributed by atoms with Crippen LogP contribution in [0.1, 0.15) is 22.3 Å². The fraction of sp³-hybridized carbons (Fsp3) is 0.154. The van der Waals surface area contributed by atoms with Gasteiger partial charge in [-0.05, 0) is 41.9 Å². The minimum Gasteiger partial charge on any atom is -0.489 e. The van der Waals surface area contributed by atoms with Gasteiger partial charge in [-0.25, -0.2) is 4.79 Å². The minimum absolute atomic E-state index is 0. The van der Waals surface area contributed by atoms with E-state index in [0.717, 1.165) is 18.7 Å². The molecule has 0 atom stereocenters. The Hall–Kier alpha value is -3.59. The quantitative estimate of drug-likeness (QED) is 0.360. The van der Waals surface area contributed by atoms with E-state index in [1.165, 1.54) is 17.2 Å². The third-order valence-corrected chi connectivity index (χ3v) is 5.00. The van der Waals surface area contributed by atoms with E-state index in [-0.39, 0.29) is 18.0 Å². The molecule has 32 heavy (non-hydrogen) atoms. The molecule has 0 radical (unpaired) electrons. The van der Waals surface area contributed by atoms with Gasteiger partial charge in [0.25, 0.3) is 0 Å². The zero-order valence-corrected chi connectivity index (χ0v) is 18.5. The number of halogens is 1. The van der Waals surface area contributed by atoms with Crippen LogP contribution in [-0.4, -0.2) is 11.9 Å². The molecule has 4 rings (SSSR count). The van der Waals surface area contributed by atoms with Gasteiger partial charge in [-0.1, -0.05) is 54.6 Å². The first kappa shape index (κ1) is 23.1.